The molecule has 0 saturated carbocycles. The van der Waals surface area contributed by atoms with Gasteiger partial charge in [0.25, 0.3) is 0 Å². The minimum absolute atomic E-state index is 0.00898. The van der Waals surface area contributed by atoms with Gasteiger partial charge in [-0.25, -0.2) is 4.79 Å². The summed E-state index contributed by atoms with van der Waals surface area (Å²) in [7, 11) is 0. The van der Waals surface area contributed by atoms with E-state index in [4.69, 9.17) is 4.74 Å². The molecule has 12 heavy (non-hydrogen) atoms. The number of hydrogen-bond acceptors (Lipinski definition) is 4. The van der Waals surface area contributed by atoms with Crippen molar-refractivity contribution < 1.29 is 19.1 Å². The van der Waals surface area contributed by atoms with E-state index in [1.54, 1.807) is 6.92 Å². The van der Waals surface area contributed by atoms with Crippen LogP contribution in [0.4, 0.5) is 0 Å². The normalized spacial score (nSPS) is 22.4. The number of Topliss-reactive ketones (excluding diaryl/α,β-unsaturated/α-hetero) is 1. The second-order valence-electron chi connectivity index (χ2n) is 2.65. The fraction of sp³-hybridized carbons (Fsp3) is 0.750. The number of hydrogen-bond donors (Lipinski definition) is 0. The van der Waals surface area contributed by atoms with Crippen molar-refractivity contribution in [2.75, 3.05) is 13.2 Å². The maximum atomic E-state index is 10.8. The van der Waals surface area contributed by atoms with E-state index in [1.807, 2.05) is 0 Å². The Labute approximate surface area is 70.8 Å². The van der Waals surface area contributed by atoms with Crippen molar-refractivity contribution in [2.45, 2.75) is 25.9 Å². The Morgan fingerprint density at radius 1 is 1.75 bits per heavy atom. The molecule has 0 aliphatic carbocycles. The van der Waals surface area contributed by atoms with Gasteiger partial charge in [0.15, 0.2) is 11.9 Å². The number of esters is 1. The quantitative estimate of drug-likeness (QED) is 0.572. The van der Waals surface area contributed by atoms with E-state index in [9.17, 15) is 9.59 Å². The summed E-state index contributed by atoms with van der Waals surface area (Å²) in [5.41, 5.74) is 0. The van der Waals surface area contributed by atoms with Gasteiger partial charge in [-0.3, -0.25) is 4.79 Å². The number of carbonyl (C=O) groups excluding carboxylic acids is 2. The van der Waals surface area contributed by atoms with E-state index in [0.29, 0.717) is 19.4 Å². The van der Waals surface area contributed by atoms with Gasteiger partial charge in [-0.2, -0.15) is 0 Å². The van der Waals surface area contributed by atoms with Crippen LogP contribution >= 0.6 is 0 Å². The molecular formula is C8H12O4. The zero-order valence-corrected chi connectivity index (χ0v) is 7.04. The van der Waals surface area contributed by atoms with Crippen molar-refractivity contribution in [3.8, 4) is 0 Å². The smallest absolute Gasteiger partial charge is 0.335 e. The summed E-state index contributed by atoms with van der Waals surface area (Å²) in [6, 6.07) is 0. The minimum Gasteiger partial charge on any atom is -0.464 e. The summed E-state index contributed by atoms with van der Waals surface area (Å²) in [5, 5.41) is 0. The highest BCUT2D eigenvalue weighted by Crippen LogP contribution is 2.09. The lowest BCUT2D eigenvalue weighted by atomic mass is 10.3. The standard InChI is InChI=1S/C8H12O4/c1-2-6(9)5-12-7-3-4-11-8(7)10/h7H,2-5H2,1H3. The van der Waals surface area contributed by atoms with Crippen LogP contribution in [0.1, 0.15) is 19.8 Å². The number of cyclic esters (lactones) is 1. The van der Waals surface area contributed by atoms with Crippen LogP contribution in [-0.2, 0) is 19.1 Å². The first kappa shape index (κ1) is 9.19. The Hall–Kier alpha value is -0.900. The molecule has 1 aliphatic heterocycles. The van der Waals surface area contributed by atoms with Crippen LogP contribution in [0.3, 0.4) is 0 Å². The van der Waals surface area contributed by atoms with E-state index >= 15 is 0 Å². The van der Waals surface area contributed by atoms with Crippen molar-refractivity contribution in [3.63, 3.8) is 0 Å². The molecule has 1 atom stereocenters. The lowest BCUT2D eigenvalue weighted by Crippen LogP contribution is -2.22. The number of carbonyl (C=O) groups is 2. The first-order valence-corrected chi connectivity index (χ1v) is 4.04. The molecule has 68 valence electrons. The average Bonchev–Trinajstić information content (AvgIpc) is 2.47. The Morgan fingerprint density at radius 2 is 2.50 bits per heavy atom. The van der Waals surface area contributed by atoms with E-state index in [2.05, 4.69) is 4.74 Å². The molecule has 0 aromatic rings. The molecule has 0 N–H and O–H groups in total. The van der Waals surface area contributed by atoms with Crippen LogP contribution in [0.5, 0.6) is 0 Å². The summed E-state index contributed by atoms with van der Waals surface area (Å²) >= 11 is 0. The highest BCUT2D eigenvalue weighted by molar-refractivity contribution is 5.80. The van der Waals surface area contributed by atoms with Crippen molar-refractivity contribution >= 4 is 11.8 Å². The molecule has 4 nitrogen and oxygen atoms in total. The molecule has 1 saturated heterocycles. The van der Waals surface area contributed by atoms with Gasteiger partial charge in [0.1, 0.15) is 6.61 Å². The van der Waals surface area contributed by atoms with Crippen LogP contribution < -0.4 is 0 Å². The van der Waals surface area contributed by atoms with Gasteiger partial charge in [0, 0.05) is 12.8 Å². The van der Waals surface area contributed by atoms with Crippen LogP contribution in [0, 0.1) is 0 Å². The Balaban J connectivity index is 2.22. The Morgan fingerprint density at radius 3 is 3.00 bits per heavy atom. The Kier molecular flexibility index (Phi) is 3.22. The zero-order chi connectivity index (χ0) is 8.97. The average molecular weight is 172 g/mol. The molecule has 1 aliphatic rings. The van der Waals surface area contributed by atoms with E-state index < -0.39 is 6.10 Å². The maximum absolute atomic E-state index is 10.8. The SMILES string of the molecule is CCC(=O)COC1CCOC1=O. The summed E-state index contributed by atoms with van der Waals surface area (Å²) < 4.78 is 9.70. The molecule has 1 rings (SSSR count). The summed E-state index contributed by atoms with van der Waals surface area (Å²) in [5.74, 6) is -0.339. The minimum atomic E-state index is -0.513. The monoisotopic (exact) mass is 172 g/mol. The van der Waals surface area contributed by atoms with Crippen molar-refractivity contribution in [2.24, 2.45) is 0 Å². The molecule has 4 heteroatoms. The molecule has 0 spiro atoms. The largest absolute Gasteiger partial charge is 0.464 e. The van der Waals surface area contributed by atoms with Crippen LogP contribution in [0.15, 0.2) is 0 Å². The van der Waals surface area contributed by atoms with Crippen molar-refractivity contribution in [1.29, 1.82) is 0 Å². The third-order valence-electron chi connectivity index (χ3n) is 1.73. The fourth-order valence-corrected chi connectivity index (χ4v) is 0.924. The zero-order valence-electron chi connectivity index (χ0n) is 7.04. The number of rotatable bonds is 4. The predicted molar refractivity (Wildman–Crippen MR) is 40.6 cm³/mol. The van der Waals surface area contributed by atoms with Gasteiger partial charge >= 0.3 is 5.97 Å². The van der Waals surface area contributed by atoms with Crippen molar-refractivity contribution in [1.82, 2.24) is 0 Å². The maximum Gasteiger partial charge on any atom is 0.335 e. The molecule has 1 fully saturated rings. The third-order valence-corrected chi connectivity index (χ3v) is 1.73. The lowest BCUT2D eigenvalue weighted by Gasteiger charge is -2.05. The van der Waals surface area contributed by atoms with E-state index in [0.717, 1.165) is 0 Å². The molecule has 1 unspecified atom stereocenters. The molecule has 0 radical (unpaired) electrons. The Bertz CT molecular complexity index is 187. The van der Waals surface area contributed by atoms with Crippen LogP contribution in [0.2, 0.25) is 0 Å². The highest BCUT2D eigenvalue weighted by Gasteiger charge is 2.27. The van der Waals surface area contributed by atoms with Gasteiger partial charge in [-0.15, -0.1) is 0 Å². The van der Waals surface area contributed by atoms with Gasteiger partial charge in [0.2, 0.25) is 0 Å². The topological polar surface area (TPSA) is 52.6 Å². The van der Waals surface area contributed by atoms with Crippen LogP contribution in [0.25, 0.3) is 0 Å². The number of ether oxygens (including phenoxy) is 2. The molecule has 0 amide bonds. The van der Waals surface area contributed by atoms with Gasteiger partial charge in [0.05, 0.1) is 6.61 Å². The fourth-order valence-electron chi connectivity index (χ4n) is 0.924. The molecule has 0 bridgehead atoms. The third kappa shape index (κ3) is 2.30. The van der Waals surface area contributed by atoms with E-state index in [1.165, 1.54) is 0 Å². The second-order valence-corrected chi connectivity index (χ2v) is 2.65. The lowest BCUT2D eigenvalue weighted by molar-refractivity contribution is -0.148. The number of ketones is 1. The van der Waals surface area contributed by atoms with Crippen molar-refractivity contribution in [3.05, 3.63) is 0 Å². The summed E-state index contributed by atoms with van der Waals surface area (Å²) in [4.78, 5) is 21.6. The second kappa shape index (κ2) is 4.21. The van der Waals surface area contributed by atoms with Gasteiger partial charge in [-0.1, -0.05) is 6.92 Å². The molecular weight excluding hydrogens is 160 g/mol. The predicted octanol–water partition coefficient (Wildman–Crippen LogP) is 0.298. The van der Waals surface area contributed by atoms with Crippen LogP contribution in [-0.4, -0.2) is 31.1 Å². The summed E-state index contributed by atoms with van der Waals surface area (Å²) in [6.07, 6.45) is 0.498. The first-order chi connectivity index (χ1) is 5.74. The highest BCUT2D eigenvalue weighted by atomic mass is 16.6. The summed E-state index contributed by atoms with van der Waals surface area (Å²) in [6.45, 7) is 2.19. The molecule has 0 aromatic carbocycles. The van der Waals surface area contributed by atoms with E-state index in [-0.39, 0.29) is 18.4 Å². The molecule has 0 aromatic heterocycles. The molecule has 1 heterocycles. The van der Waals surface area contributed by atoms with Gasteiger partial charge < -0.3 is 9.47 Å². The van der Waals surface area contributed by atoms with Gasteiger partial charge in [-0.05, 0) is 0 Å². The first-order valence-electron chi connectivity index (χ1n) is 4.04.